The van der Waals surface area contributed by atoms with Crippen molar-refractivity contribution >= 4 is 28.7 Å². The van der Waals surface area contributed by atoms with Gasteiger partial charge in [0.15, 0.2) is 5.82 Å². The van der Waals surface area contributed by atoms with Crippen LogP contribution in [0.25, 0.3) is 22.3 Å². The Hall–Kier alpha value is -4.05. The van der Waals surface area contributed by atoms with E-state index in [2.05, 4.69) is 20.5 Å². The zero-order valence-electron chi connectivity index (χ0n) is 18.4. The van der Waals surface area contributed by atoms with Crippen LogP contribution in [0.15, 0.2) is 54.9 Å². The molecule has 4 N–H and O–H groups in total. The number of carbonyl (C=O) groups excluding carboxylic acids is 2. The van der Waals surface area contributed by atoms with E-state index in [4.69, 9.17) is 5.21 Å². The number of hydroxylamine groups is 1. The summed E-state index contributed by atoms with van der Waals surface area (Å²) in [4.78, 5) is 27.6. The number of hydrogen-bond donors (Lipinski definition) is 4. The molecule has 9 nitrogen and oxygen atoms in total. The average molecular weight is 465 g/mol. The van der Waals surface area contributed by atoms with Gasteiger partial charge in [0.1, 0.15) is 5.82 Å². The van der Waals surface area contributed by atoms with Crippen molar-refractivity contribution in [3.8, 4) is 11.3 Å². The molecule has 10 heteroatoms. The number of anilines is 1. The highest BCUT2D eigenvalue weighted by Crippen LogP contribution is 2.25. The van der Waals surface area contributed by atoms with Crippen LogP contribution in [0, 0.1) is 5.82 Å². The third kappa shape index (κ3) is 5.84. The van der Waals surface area contributed by atoms with Gasteiger partial charge in [-0.3, -0.25) is 19.9 Å². The molecule has 4 aromatic rings. The Morgan fingerprint density at radius 1 is 1.03 bits per heavy atom. The number of aromatic amines is 1. The van der Waals surface area contributed by atoms with Crippen LogP contribution in [0.4, 0.5) is 10.2 Å². The Kier molecular flexibility index (Phi) is 7.28. The second-order valence-corrected chi connectivity index (χ2v) is 8.02. The number of carbonyl (C=O) groups is 2. The van der Waals surface area contributed by atoms with Crippen molar-refractivity contribution in [1.82, 2.24) is 25.2 Å². The average Bonchev–Trinajstić information content (AvgIpc) is 3.45. The summed E-state index contributed by atoms with van der Waals surface area (Å²) in [7, 11) is 0. The fourth-order valence-electron chi connectivity index (χ4n) is 3.73. The maximum absolute atomic E-state index is 13.5. The number of amides is 2. The molecule has 0 bridgehead atoms. The van der Waals surface area contributed by atoms with Crippen LogP contribution in [-0.2, 0) is 16.1 Å². The number of unbranched alkanes of at least 4 members (excludes halogenated alkanes) is 2. The highest BCUT2D eigenvalue weighted by molar-refractivity contribution is 5.90. The van der Waals surface area contributed by atoms with E-state index in [0.717, 1.165) is 27.9 Å². The van der Waals surface area contributed by atoms with E-state index in [-0.39, 0.29) is 18.1 Å². The van der Waals surface area contributed by atoms with Crippen molar-refractivity contribution in [3.05, 3.63) is 66.2 Å². The molecule has 2 aromatic heterocycles. The molecule has 0 aliphatic carbocycles. The molecule has 0 spiro atoms. The number of nitrogens with one attached hydrogen (secondary N) is 3. The fraction of sp³-hybridized carbons (Fsp3) is 0.250. The molecule has 0 saturated carbocycles. The molecule has 0 atom stereocenters. The molecule has 0 aliphatic rings. The van der Waals surface area contributed by atoms with Gasteiger partial charge in [0.05, 0.1) is 23.1 Å². The highest BCUT2D eigenvalue weighted by atomic mass is 19.1. The maximum Gasteiger partial charge on any atom is 0.243 e. The Bertz CT molecular complexity index is 1300. The number of rotatable bonds is 10. The first-order valence-corrected chi connectivity index (χ1v) is 11.0. The number of nitrogens with zero attached hydrogens (tertiary/aromatic N) is 3. The van der Waals surface area contributed by atoms with E-state index >= 15 is 0 Å². The van der Waals surface area contributed by atoms with Crippen molar-refractivity contribution in [3.63, 3.8) is 0 Å². The molecule has 2 amide bonds. The smallest absolute Gasteiger partial charge is 0.243 e. The maximum atomic E-state index is 13.5. The lowest BCUT2D eigenvalue weighted by Gasteiger charge is -2.06. The molecule has 0 aliphatic heterocycles. The summed E-state index contributed by atoms with van der Waals surface area (Å²) >= 11 is 0. The first-order chi connectivity index (χ1) is 16.5. The van der Waals surface area contributed by atoms with E-state index in [0.29, 0.717) is 38.0 Å². The molecule has 4 rings (SSSR count). The second-order valence-electron chi connectivity index (χ2n) is 8.02. The van der Waals surface area contributed by atoms with Gasteiger partial charge in [-0.15, -0.1) is 0 Å². The lowest BCUT2D eigenvalue weighted by molar-refractivity contribution is -0.129. The zero-order chi connectivity index (χ0) is 23.9. The van der Waals surface area contributed by atoms with Crippen LogP contribution in [0.1, 0.15) is 37.7 Å². The summed E-state index contributed by atoms with van der Waals surface area (Å²) in [6.07, 6.45) is 4.21. The van der Waals surface area contributed by atoms with Crippen molar-refractivity contribution in [2.24, 2.45) is 0 Å². The van der Waals surface area contributed by atoms with Gasteiger partial charge in [-0.05, 0) is 42.7 Å². The van der Waals surface area contributed by atoms with Gasteiger partial charge in [0, 0.05) is 31.0 Å². The SMILES string of the molecule is O=C(CCCCCC(=O)Nc1cc(-c2ccc3ncn(Cc4cccc(F)c4)c3c2)[nH]n1)NO. The fourth-order valence-corrected chi connectivity index (χ4v) is 3.73. The monoisotopic (exact) mass is 464 g/mol. The minimum atomic E-state index is -0.427. The van der Waals surface area contributed by atoms with E-state index in [1.54, 1.807) is 23.9 Å². The third-order valence-electron chi connectivity index (χ3n) is 5.45. The lowest BCUT2D eigenvalue weighted by Crippen LogP contribution is -2.17. The first kappa shape index (κ1) is 23.1. The zero-order valence-corrected chi connectivity index (χ0v) is 18.4. The normalized spacial score (nSPS) is 11.0. The van der Waals surface area contributed by atoms with Gasteiger partial charge in [-0.2, -0.15) is 5.10 Å². The summed E-state index contributed by atoms with van der Waals surface area (Å²) in [6.45, 7) is 0.493. The molecule has 0 fully saturated rings. The summed E-state index contributed by atoms with van der Waals surface area (Å²) < 4.78 is 15.5. The van der Waals surface area contributed by atoms with E-state index < -0.39 is 5.91 Å². The van der Waals surface area contributed by atoms with Gasteiger partial charge in [-0.25, -0.2) is 14.9 Å². The molecular formula is C24H25FN6O3. The van der Waals surface area contributed by atoms with Crippen LogP contribution < -0.4 is 10.8 Å². The number of aromatic nitrogens is 4. The van der Waals surface area contributed by atoms with E-state index in [1.165, 1.54) is 12.1 Å². The molecule has 176 valence electrons. The van der Waals surface area contributed by atoms with Gasteiger partial charge < -0.3 is 9.88 Å². The Labute approximate surface area is 195 Å². The molecule has 0 unspecified atom stereocenters. The van der Waals surface area contributed by atoms with Crippen LogP contribution >= 0.6 is 0 Å². The summed E-state index contributed by atoms with van der Waals surface area (Å²) in [5.74, 6) is -0.436. The molecular weight excluding hydrogens is 439 g/mol. The number of benzene rings is 2. The quantitative estimate of drug-likeness (QED) is 0.160. The number of hydrogen-bond acceptors (Lipinski definition) is 5. The molecule has 0 radical (unpaired) electrons. The van der Waals surface area contributed by atoms with Gasteiger partial charge in [0.25, 0.3) is 0 Å². The predicted molar refractivity (Wildman–Crippen MR) is 124 cm³/mol. The highest BCUT2D eigenvalue weighted by Gasteiger charge is 2.11. The van der Waals surface area contributed by atoms with Crippen molar-refractivity contribution < 1.29 is 19.2 Å². The number of imidazole rings is 1. The summed E-state index contributed by atoms with van der Waals surface area (Å²) in [5, 5.41) is 18.4. The van der Waals surface area contributed by atoms with Gasteiger partial charge >= 0.3 is 0 Å². The Morgan fingerprint density at radius 2 is 1.85 bits per heavy atom. The minimum Gasteiger partial charge on any atom is -0.326 e. The topological polar surface area (TPSA) is 125 Å². The van der Waals surface area contributed by atoms with E-state index in [1.807, 2.05) is 28.8 Å². The Morgan fingerprint density at radius 3 is 2.65 bits per heavy atom. The molecule has 2 aromatic carbocycles. The van der Waals surface area contributed by atoms with Crippen molar-refractivity contribution in [2.75, 3.05) is 5.32 Å². The minimum absolute atomic E-state index is 0.159. The van der Waals surface area contributed by atoms with Crippen LogP contribution in [0.5, 0.6) is 0 Å². The third-order valence-corrected chi connectivity index (χ3v) is 5.45. The first-order valence-electron chi connectivity index (χ1n) is 11.0. The number of halogens is 1. The Balaban J connectivity index is 1.38. The molecule has 34 heavy (non-hydrogen) atoms. The number of fused-ring (bicyclic) bond motifs is 1. The van der Waals surface area contributed by atoms with Crippen molar-refractivity contribution in [2.45, 2.75) is 38.6 Å². The van der Waals surface area contributed by atoms with Crippen LogP contribution in [-0.4, -0.2) is 36.8 Å². The summed E-state index contributed by atoms with van der Waals surface area (Å²) in [5.41, 5.74) is 5.77. The largest absolute Gasteiger partial charge is 0.326 e. The van der Waals surface area contributed by atoms with Gasteiger partial charge in [-0.1, -0.05) is 24.6 Å². The lowest BCUT2D eigenvalue weighted by atomic mass is 10.1. The second kappa shape index (κ2) is 10.7. The van der Waals surface area contributed by atoms with Crippen LogP contribution in [0.3, 0.4) is 0 Å². The van der Waals surface area contributed by atoms with Crippen molar-refractivity contribution in [1.29, 1.82) is 0 Å². The van der Waals surface area contributed by atoms with Gasteiger partial charge in [0.2, 0.25) is 11.8 Å². The predicted octanol–water partition coefficient (Wildman–Crippen LogP) is 4.01. The summed E-state index contributed by atoms with van der Waals surface area (Å²) in [6, 6.07) is 14.0. The molecule has 2 heterocycles. The van der Waals surface area contributed by atoms with Crippen LogP contribution in [0.2, 0.25) is 0 Å². The number of H-pyrrole nitrogens is 1. The molecule has 0 saturated heterocycles. The van der Waals surface area contributed by atoms with E-state index in [9.17, 15) is 14.0 Å². The standard InChI is InChI=1S/C24H25FN6O3/c25-18-6-4-5-16(11-18)14-31-15-26-19-10-9-17(12-21(19)31)20-13-22(29-28-20)27-23(32)7-2-1-3-8-24(33)30-34/h4-6,9-13,15,34H,1-3,7-8,14H2,(H,30,33)(H2,27,28,29,32).